The van der Waals surface area contributed by atoms with Gasteiger partial charge < -0.3 is 10.0 Å². The first-order valence-electron chi connectivity index (χ1n) is 4.89. The molecule has 1 amide bonds. The maximum absolute atomic E-state index is 11.9. The van der Waals surface area contributed by atoms with Gasteiger partial charge in [-0.2, -0.15) is 0 Å². The Hall–Kier alpha value is -1.91. The van der Waals surface area contributed by atoms with Gasteiger partial charge in [0.1, 0.15) is 0 Å². The van der Waals surface area contributed by atoms with Gasteiger partial charge in [0.2, 0.25) is 0 Å². The predicted molar refractivity (Wildman–Crippen MR) is 58.4 cm³/mol. The highest BCUT2D eigenvalue weighted by Crippen LogP contribution is 2.07. The molecule has 0 radical (unpaired) electrons. The van der Waals surface area contributed by atoms with Crippen molar-refractivity contribution in [3.05, 3.63) is 29.6 Å². The molecule has 0 fully saturated rings. The first-order valence-corrected chi connectivity index (χ1v) is 4.89. The van der Waals surface area contributed by atoms with Crippen molar-refractivity contribution in [2.24, 2.45) is 0 Å². The van der Waals surface area contributed by atoms with E-state index in [2.05, 4.69) is 4.98 Å². The van der Waals surface area contributed by atoms with E-state index in [1.165, 1.54) is 23.4 Å². The molecule has 1 heterocycles. The standard InChI is InChI=1S/C11H14N2O3/c1-7(2)13(3)10(14)8-4-9(11(15)16)6-12-5-8/h4-7H,1-3H3,(H,15,16). The molecule has 0 unspecified atom stereocenters. The number of carboxylic acids is 1. The molecule has 1 aromatic rings. The van der Waals surface area contributed by atoms with Gasteiger partial charge in [-0.15, -0.1) is 0 Å². The van der Waals surface area contributed by atoms with Gasteiger partial charge in [-0.05, 0) is 19.9 Å². The predicted octanol–water partition coefficient (Wildman–Crippen LogP) is 1.26. The van der Waals surface area contributed by atoms with Crippen molar-refractivity contribution in [3.63, 3.8) is 0 Å². The van der Waals surface area contributed by atoms with Crippen LogP contribution in [0.15, 0.2) is 18.5 Å². The van der Waals surface area contributed by atoms with Crippen LogP contribution in [0.4, 0.5) is 0 Å². The molecule has 86 valence electrons. The summed E-state index contributed by atoms with van der Waals surface area (Å²) >= 11 is 0. The number of carbonyl (C=O) groups is 2. The normalized spacial score (nSPS) is 10.2. The third-order valence-electron chi connectivity index (χ3n) is 2.33. The number of aromatic carboxylic acids is 1. The topological polar surface area (TPSA) is 70.5 Å². The summed E-state index contributed by atoms with van der Waals surface area (Å²) in [6.07, 6.45) is 2.59. The zero-order valence-corrected chi connectivity index (χ0v) is 9.47. The fourth-order valence-electron chi connectivity index (χ4n) is 1.11. The highest BCUT2D eigenvalue weighted by molar-refractivity contribution is 5.96. The van der Waals surface area contributed by atoms with Crippen LogP contribution in [0, 0.1) is 0 Å². The van der Waals surface area contributed by atoms with Gasteiger partial charge in [-0.25, -0.2) is 4.79 Å². The van der Waals surface area contributed by atoms with Crippen LogP contribution >= 0.6 is 0 Å². The molecule has 0 aliphatic carbocycles. The minimum atomic E-state index is -1.09. The molecule has 0 saturated heterocycles. The average Bonchev–Trinajstić information content (AvgIpc) is 2.27. The molecule has 0 aliphatic heterocycles. The van der Waals surface area contributed by atoms with E-state index in [9.17, 15) is 9.59 Å². The van der Waals surface area contributed by atoms with Crippen LogP contribution in [-0.4, -0.2) is 40.0 Å². The SMILES string of the molecule is CC(C)N(C)C(=O)c1cncc(C(=O)O)c1. The van der Waals surface area contributed by atoms with E-state index in [1.54, 1.807) is 7.05 Å². The lowest BCUT2D eigenvalue weighted by Crippen LogP contribution is -2.33. The summed E-state index contributed by atoms with van der Waals surface area (Å²) in [7, 11) is 1.67. The lowest BCUT2D eigenvalue weighted by atomic mass is 10.2. The number of amides is 1. The quantitative estimate of drug-likeness (QED) is 0.835. The Labute approximate surface area is 93.7 Å². The van der Waals surface area contributed by atoms with Crippen molar-refractivity contribution in [3.8, 4) is 0 Å². The number of carboxylic acid groups (broad SMARTS) is 1. The van der Waals surface area contributed by atoms with E-state index in [0.717, 1.165) is 0 Å². The summed E-state index contributed by atoms with van der Waals surface area (Å²) in [6, 6.07) is 1.39. The van der Waals surface area contributed by atoms with Crippen LogP contribution in [-0.2, 0) is 0 Å². The second-order valence-electron chi connectivity index (χ2n) is 3.78. The van der Waals surface area contributed by atoms with Gasteiger partial charge in [0.25, 0.3) is 5.91 Å². The van der Waals surface area contributed by atoms with E-state index >= 15 is 0 Å². The van der Waals surface area contributed by atoms with Crippen LogP contribution in [0.2, 0.25) is 0 Å². The largest absolute Gasteiger partial charge is 0.478 e. The number of pyridine rings is 1. The fraction of sp³-hybridized carbons (Fsp3) is 0.364. The van der Waals surface area contributed by atoms with Gasteiger partial charge >= 0.3 is 5.97 Å². The number of hydrogen-bond donors (Lipinski definition) is 1. The van der Waals surface area contributed by atoms with Gasteiger partial charge in [0.05, 0.1) is 11.1 Å². The number of rotatable bonds is 3. The van der Waals surface area contributed by atoms with Gasteiger partial charge in [-0.3, -0.25) is 9.78 Å². The summed E-state index contributed by atoms with van der Waals surface area (Å²) in [4.78, 5) is 27.8. The minimum absolute atomic E-state index is 0.0167. The molecule has 1 aromatic heterocycles. The van der Waals surface area contributed by atoms with E-state index in [-0.39, 0.29) is 23.1 Å². The molecule has 5 nitrogen and oxygen atoms in total. The van der Waals surface area contributed by atoms with Crippen molar-refractivity contribution in [1.82, 2.24) is 9.88 Å². The molecule has 0 aliphatic rings. The van der Waals surface area contributed by atoms with Gasteiger partial charge in [0.15, 0.2) is 0 Å². The maximum atomic E-state index is 11.9. The second-order valence-corrected chi connectivity index (χ2v) is 3.78. The minimum Gasteiger partial charge on any atom is -0.478 e. The van der Waals surface area contributed by atoms with Crippen LogP contribution < -0.4 is 0 Å². The molecule has 0 aromatic carbocycles. The van der Waals surface area contributed by atoms with E-state index < -0.39 is 5.97 Å². The van der Waals surface area contributed by atoms with Crippen molar-refractivity contribution < 1.29 is 14.7 Å². The van der Waals surface area contributed by atoms with Crippen molar-refractivity contribution >= 4 is 11.9 Å². The number of carbonyl (C=O) groups excluding carboxylic acids is 1. The van der Waals surface area contributed by atoms with E-state index in [0.29, 0.717) is 0 Å². The number of hydrogen-bond acceptors (Lipinski definition) is 3. The molecular weight excluding hydrogens is 208 g/mol. The monoisotopic (exact) mass is 222 g/mol. The van der Waals surface area contributed by atoms with Crippen LogP contribution in [0.1, 0.15) is 34.6 Å². The maximum Gasteiger partial charge on any atom is 0.337 e. The third kappa shape index (κ3) is 2.56. The molecular formula is C11H14N2O3. The first-order chi connectivity index (χ1) is 7.43. The van der Waals surface area contributed by atoms with Crippen molar-refractivity contribution in [2.75, 3.05) is 7.05 Å². The average molecular weight is 222 g/mol. The molecule has 1 rings (SSSR count). The summed E-state index contributed by atoms with van der Waals surface area (Å²) < 4.78 is 0. The summed E-state index contributed by atoms with van der Waals surface area (Å²) in [5.74, 6) is -1.32. The molecule has 0 saturated carbocycles. The second kappa shape index (κ2) is 4.74. The molecule has 1 N–H and O–H groups in total. The van der Waals surface area contributed by atoms with Crippen LogP contribution in [0.5, 0.6) is 0 Å². The summed E-state index contributed by atoms with van der Waals surface area (Å²) in [5.41, 5.74) is 0.305. The molecule has 16 heavy (non-hydrogen) atoms. The van der Waals surface area contributed by atoms with Gasteiger partial charge in [0, 0.05) is 25.5 Å². The Morgan fingerprint density at radius 2 is 1.88 bits per heavy atom. The van der Waals surface area contributed by atoms with Crippen molar-refractivity contribution in [2.45, 2.75) is 19.9 Å². The van der Waals surface area contributed by atoms with E-state index in [4.69, 9.17) is 5.11 Å². The molecule has 0 bridgehead atoms. The third-order valence-corrected chi connectivity index (χ3v) is 2.33. The Bertz CT molecular complexity index is 415. The summed E-state index contributed by atoms with van der Waals surface area (Å²) in [5, 5.41) is 8.77. The zero-order valence-electron chi connectivity index (χ0n) is 9.47. The lowest BCUT2D eigenvalue weighted by Gasteiger charge is -2.21. The molecule has 0 spiro atoms. The summed E-state index contributed by atoms with van der Waals surface area (Å²) in [6.45, 7) is 3.76. The number of aromatic nitrogens is 1. The Balaban J connectivity index is 3.00. The number of nitrogens with zero attached hydrogens (tertiary/aromatic N) is 2. The van der Waals surface area contributed by atoms with Crippen LogP contribution in [0.25, 0.3) is 0 Å². The zero-order chi connectivity index (χ0) is 12.3. The Morgan fingerprint density at radius 1 is 1.31 bits per heavy atom. The highest BCUT2D eigenvalue weighted by atomic mass is 16.4. The van der Waals surface area contributed by atoms with Crippen LogP contribution in [0.3, 0.4) is 0 Å². The smallest absolute Gasteiger partial charge is 0.337 e. The molecule has 5 heteroatoms. The Kier molecular flexibility index (Phi) is 3.60. The fourth-order valence-corrected chi connectivity index (χ4v) is 1.11. The van der Waals surface area contributed by atoms with E-state index in [1.807, 2.05) is 13.8 Å². The highest BCUT2D eigenvalue weighted by Gasteiger charge is 2.16. The molecule has 0 atom stereocenters. The first kappa shape index (κ1) is 12.2. The lowest BCUT2D eigenvalue weighted by molar-refractivity contribution is 0.0696. The Morgan fingerprint density at radius 3 is 2.38 bits per heavy atom. The van der Waals surface area contributed by atoms with Gasteiger partial charge in [-0.1, -0.05) is 0 Å². The van der Waals surface area contributed by atoms with Crippen molar-refractivity contribution in [1.29, 1.82) is 0 Å².